The van der Waals surface area contributed by atoms with Crippen molar-refractivity contribution < 1.29 is 42.1 Å². The molecule has 1 unspecified atom stereocenters. The predicted molar refractivity (Wildman–Crippen MR) is 219 cm³/mol. The molecular weight excluding hydrogens is 783 g/mol. The van der Waals surface area contributed by atoms with Gasteiger partial charge >= 0.3 is 12.1 Å². The first-order valence-electron chi connectivity index (χ1n) is 21.4. The SMILES string of the molecule is C[C@@H](COc1ccnc2c1[C@H](C)CCC2)C[C@H]1Cc2cc3c(cc2C12CCC(Nc1cccc(Cl)c1)(C(=O)O)CC2)OCC(CN1CCC(C(=O)C(F)(F)F)CC1)CO3. The number of aliphatic carboxylic acids is 1. The Hall–Kier alpha value is -4.03. The van der Waals surface area contributed by atoms with Crippen molar-refractivity contribution in [1.82, 2.24) is 9.88 Å². The molecule has 2 aliphatic heterocycles. The molecule has 0 bridgehead atoms. The van der Waals surface area contributed by atoms with Crippen LogP contribution in [-0.2, 0) is 27.8 Å². The number of likely N-dealkylation sites (tertiary alicyclic amines) is 1. The zero-order valence-electron chi connectivity index (χ0n) is 33.9. The molecule has 8 rings (SSSR count). The van der Waals surface area contributed by atoms with Crippen LogP contribution in [-0.4, -0.2) is 77.9 Å². The summed E-state index contributed by atoms with van der Waals surface area (Å²) in [5.74, 6) is -0.310. The van der Waals surface area contributed by atoms with Gasteiger partial charge in [-0.3, -0.25) is 9.78 Å². The minimum Gasteiger partial charge on any atom is -0.493 e. The number of hydrogen-bond donors (Lipinski definition) is 2. The number of anilines is 1. The summed E-state index contributed by atoms with van der Waals surface area (Å²) in [6, 6.07) is 13.5. The van der Waals surface area contributed by atoms with Crippen LogP contribution in [0.25, 0.3) is 0 Å². The highest BCUT2D eigenvalue weighted by Crippen LogP contribution is 2.58. The monoisotopic (exact) mass is 837 g/mol. The van der Waals surface area contributed by atoms with Crippen molar-refractivity contribution in [1.29, 1.82) is 0 Å². The van der Waals surface area contributed by atoms with E-state index < -0.39 is 29.4 Å². The highest BCUT2D eigenvalue weighted by atomic mass is 35.5. The Labute approximate surface area is 349 Å². The first-order valence-corrected chi connectivity index (χ1v) is 21.7. The number of aryl methyl sites for hydroxylation is 1. The number of carboxylic acids is 1. The Morgan fingerprint density at radius 2 is 1.78 bits per heavy atom. The van der Waals surface area contributed by atoms with Crippen LogP contribution in [0.2, 0.25) is 5.02 Å². The molecular formula is C46H55ClF3N3O6. The Morgan fingerprint density at radius 3 is 2.47 bits per heavy atom. The lowest BCUT2D eigenvalue weighted by Crippen LogP contribution is -2.53. The number of piperidine rings is 1. The van der Waals surface area contributed by atoms with E-state index in [0.29, 0.717) is 93.3 Å². The number of pyridine rings is 1. The minimum atomic E-state index is -4.79. The van der Waals surface area contributed by atoms with E-state index in [4.69, 9.17) is 25.8 Å². The molecule has 59 heavy (non-hydrogen) atoms. The van der Waals surface area contributed by atoms with E-state index in [1.807, 2.05) is 24.4 Å². The average Bonchev–Trinajstić information content (AvgIpc) is 3.33. The number of ketones is 1. The van der Waals surface area contributed by atoms with Crippen molar-refractivity contribution in [3.05, 3.63) is 76.1 Å². The van der Waals surface area contributed by atoms with Gasteiger partial charge in [-0.1, -0.05) is 31.5 Å². The highest BCUT2D eigenvalue weighted by Gasteiger charge is 2.54. The first kappa shape index (κ1) is 41.7. The number of fused-ring (bicyclic) bond motifs is 4. The van der Waals surface area contributed by atoms with Gasteiger partial charge in [-0.05, 0) is 154 Å². The molecule has 5 aliphatic rings. The third kappa shape index (κ3) is 8.63. The number of halogens is 4. The summed E-state index contributed by atoms with van der Waals surface area (Å²) in [5.41, 5.74) is 4.03. The maximum absolute atomic E-state index is 13.1. The Kier molecular flexibility index (Phi) is 11.9. The second kappa shape index (κ2) is 16.8. The molecule has 1 saturated carbocycles. The van der Waals surface area contributed by atoms with Crippen molar-refractivity contribution in [3.8, 4) is 17.2 Å². The summed E-state index contributed by atoms with van der Waals surface area (Å²) in [6.45, 7) is 7.32. The molecule has 0 radical (unpaired) electrons. The Balaban J connectivity index is 0.995. The topological polar surface area (TPSA) is 110 Å². The second-order valence-electron chi connectivity index (χ2n) is 18.1. The molecule has 2 fully saturated rings. The fraction of sp³-hybridized carbons (Fsp3) is 0.587. The van der Waals surface area contributed by atoms with Gasteiger partial charge in [0.25, 0.3) is 0 Å². The number of aromatic nitrogens is 1. The van der Waals surface area contributed by atoms with Crippen molar-refractivity contribution in [2.24, 2.45) is 23.7 Å². The van der Waals surface area contributed by atoms with Crippen LogP contribution in [0.1, 0.15) is 99.9 Å². The predicted octanol–water partition coefficient (Wildman–Crippen LogP) is 9.43. The van der Waals surface area contributed by atoms with E-state index in [0.717, 1.165) is 43.5 Å². The van der Waals surface area contributed by atoms with E-state index in [-0.39, 0.29) is 36.0 Å². The molecule has 1 spiro atoms. The highest BCUT2D eigenvalue weighted by molar-refractivity contribution is 6.30. The van der Waals surface area contributed by atoms with E-state index in [1.54, 1.807) is 12.1 Å². The molecule has 1 aromatic heterocycles. The van der Waals surface area contributed by atoms with E-state index >= 15 is 0 Å². The normalized spacial score (nSPS) is 27.7. The number of carboxylic acid groups (broad SMARTS) is 1. The van der Waals surface area contributed by atoms with Gasteiger partial charge in [0.2, 0.25) is 5.78 Å². The van der Waals surface area contributed by atoms with Crippen LogP contribution < -0.4 is 19.5 Å². The Morgan fingerprint density at radius 1 is 1.05 bits per heavy atom. The largest absolute Gasteiger partial charge is 0.493 e. The number of nitrogens with zero attached hydrogens (tertiary/aromatic N) is 2. The fourth-order valence-corrected chi connectivity index (χ4v) is 11.1. The van der Waals surface area contributed by atoms with Crippen molar-refractivity contribution >= 4 is 29.0 Å². The zero-order chi connectivity index (χ0) is 41.5. The van der Waals surface area contributed by atoms with Crippen molar-refractivity contribution in [2.75, 3.05) is 44.8 Å². The fourth-order valence-electron chi connectivity index (χ4n) is 10.9. The minimum absolute atomic E-state index is 0.00733. The number of benzene rings is 2. The number of carbonyl (C=O) groups is 2. The number of rotatable bonds is 11. The maximum Gasteiger partial charge on any atom is 0.450 e. The van der Waals surface area contributed by atoms with E-state index in [1.165, 1.54) is 16.7 Å². The standard InChI is InChI=1S/C46H55ClF3N3O6/c1-28(25-57-38-9-16-51-37-8-3-5-29(2)41(37)38)19-33-20-32-21-39-40(59-27-30(26-58-39)24-53-17-10-31(11-18-53)42(54)46(48,49)50)23-36(32)44(33)12-14-45(15-13-44,43(55)56)52-35-7-4-6-34(47)22-35/h4,6-7,9,16,21-23,28-31,33,52H,3,5,8,10-15,17-20,24-27H2,1-2H3,(H,55,56)/t28-,29-,30?,33+,44?,45?/m1/s1. The van der Waals surface area contributed by atoms with Crippen molar-refractivity contribution in [2.45, 2.75) is 108 Å². The van der Waals surface area contributed by atoms with E-state index in [9.17, 15) is 27.9 Å². The van der Waals surface area contributed by atoms with Gasteiger partial charge in [-0.15, -0.1) is 0 Å². The van der Waals surface area contributed by atoms with Gasteiger partial charge < -0.3 is 29.5 Å². The van der Waals surface area contributed by atoms with Crippen LogP contribution in [0, 0.1) is 23.7 Å². The summed E-state index contributed by atoms with van der Waals surface area (Å²) >= 11 is 6.30. The molecule has 13 heteroatoms. The van der Waals surface area contributed by atoms with Crippen LogP contribution in [0.3, 0.4) is 0 Å². The molecule has 3 aliphatic carbocycles. The average molecular weight is 838 g/mol. The summed E-state index contributed by atoms with van der Waals surface area (Å²) in [5, 5.41) is 14.6. The third-order valence-corrected chi connectivity index (χ3v) is 14.3. The molecule has 1 saturated heterocycles. The van der Waals surface area contributed by atoms with Crippen molar-refractivity contribution in [3.63, 3.8) is 0 Å². The molecule has 0 amide bonds. The number of hydrogen-bond acceptors (Lipinski definition) is 8. The quantitative estimate of drug-likeness (QED) is 0.195. The lowest BCUT2D eigenvalue weighted by atomic mass is 9.59. The number of nitrogens with one attached hydrogen (secondary N) is 1. The molecule has 3 heterocycles. The van der Waals surface area contributed by atoms with Gasteiger partial charge in [0, 0.05) is 46.5 Å². The molecule has 3 aromatic rings. The molecule has 318 valence electrons. The first-order chi connectivity index (χ1) is 28.2. The number of alkyl halides is 3. The van der Waals surface area contributed by atoms with Crippen LogP contribution >= 0.6 is 11.6 Å². The van der Waals surface area contributed by atoms with Gasteiger partial charge in [0.15, 0.2) is 11.5 Å². The van der Waals surface area contributed by atoms with Crippen LogP contribution in [0.15, 0.2) is 48.7 Å². The number of ether oxygens (including phenoxy) is 3. The summed E-state index contributed by atoms with van der Waals surface area (Å²) < 4.78 is 58.6. The third-order valence-electron chi connectivity index (χ3n) is 14.1. The summed E-state index contributed by atoms with van der Waals surface area (Å²) in [7, 11) is 0. The smallest absolute Gasteiger partial charge is 0.450 e. The summed E-state index contributed by atoms with van der Waals surface area (Å²) in [6.07, 6.45) is 4.63. The number of Topliss-reactive ketones (excluding diaryl/α,β-unsaturated/α-hetero) is 1. The molecule has 9 nitrogen and oxygen atoms in total. The van der Waals surface area contributed by atoms with Gasteiger partial charge in [-0.25, -0.2) is 4.79 Å². The second-order valence-corrected chi connectivity index (χ2v) is 18.5. The van der Waals surface area contributed by atoms with Crippen LogP contribution in [0.5, 0.6) is 17.2 Å². The maximum atomic E-state index is 13.1. The van der Waals surface area contributed by atoms with Crippen LogP contribution in [0.4, 0.5) is 18.9 Å². The van der Waals surface area contributed by atoms with E-state index in [2.05, 4.69) is 41.2 Å². The zero-order valence-corrected chi connectivity index (χ0v) is 34.7. The molecule has 2 aromatic carbocycles. The Bertz CT molecular complexity index is 2030. The van der Waals surface area contributed by atoms with Gasteiger partial charge in [0.05, 0.1) is 19.8 Å². The lowest BCUT2D eigenvalue weighted by molar-refractivity contribution is -0.177. The molecule has 4 atom stereocenters. The number of carbonyl (C=O) groups excluding carboxylic acids is 1. The summed E-state index contributed by atoms with van der Waals surface area (Å²) in [4.78, 5) is 31.7. The van der Waals surface area contributed by atoms with Gasteiger partial charge in [0.1, 0.15) is 11.3 Å². The lowest BCUT2D eigenvalue weighted by Gasteiger charge is -2.47. The van der Waals surface area contributed by atoms with Gasteiger partial charge in [-0.2, -0.15) is 13.2 Å². The molecule has 2 N–H and O–H groups in total.